The molecular formula is C15H20N6O2S. The number of carbonyl (C=O) groups excluding carboxylic acids is 2. The summed E-state index contributed by atoms with van der Waals surface area (Å²) in [4.78, 5) is 25.5. The third-order valence-electron chi connectivity index (χ3n) is 3.21. The molecule has 0 saturated heterocycles. The number of nitrogens with zero attached hydrogens (tertiary/aromatic N) is 5. The summed E-state index contributed by atoms with van der Waals surface area (Å²) in [5.74, 6) is -0.122. The quantitative estimate of drug-likeness (QED) is 0.707. The van der Waals surface area contributed by atoms with Crippen molar-refractivity contribution in [2.24, 2.45) is 0 Å². The first-order valence-corrected chi connectivity index (χ1v) is 8.65. The third-order valence-corrected chi connectivity index (χ3v) is 4.11. The zero-order chi connectivity index (χ0) is 17.4. The Bertz CT molecular complexity index is 676. The molecule has 0 aliphatic heterocycles. The third kappa shape index (κ3) is 4.79. The van der Waals surface area contributed by atoms with E-state index in [0.29, 0.717) is 18.2 Å². The van der Waals surface area contributed by atoms with Crippen LogP contribution in [-0.4, -0.2) is 62.3 Å². The van der Waals surface area contributed by atoms with Gasteiger partial charge in [-0.15, -0.1) is 5.10 Å². The first kappa shape index (κ1) is 17.9. The van der Waals surface area contributed by atoms with E-state index in [1.54, 1.807) is 4.68 Å². The van der Waals surface area contributed by atoms with Gasteiger partial charge in [-0.3, -0.25) is 9.59 Å². The molecule has 0 aliphatic rings. The average molecular weight is 348 g/mol. The van der Waals surface area contributed by atoms with Crippen molar-refractivity contribution < 1.29 is 9.59 Å². The number of hydrogen-bond acceptors (Lipinski definition) is 6. The zero-order valence-corrected chi connectivity index (χ0v) is 14.5. The van der Waals surface area contributed by atoms with Gasteiger partial charge in [-0.1, -0.05) is 30.0 Å². The lowest BCUT2D eigenvalue weighted by Crippen LogP contribution is -2.41. The minimum absolute atomic E-state index is 0.0629. The Kier molecular flexibility index (Phi) is 6.74. The first-order chi connectivity index (χ1) is 11.7. The van der Waals surface area contributed by atoms with E-state index in [9.17, 15) is 9.59 Å². The van der Waals surface area contributed by atoms with Gasteiger partial charge in [-0.25, -0.2) is 0 Å². The van der Waals surface area contributed by atoms with Crippen molar-refractivity contribution in [1.29, 1.82) is 0 Å². The number of thioether (sulfide) groups is 1. The molecular weight excluding hydrogens is 328 g/mol. The van der Waals surface area contributed by atoms with Gasteiger partial charge in [-0.05, 0) is 36.4 Å². The number of benzene rings is 1. The second-order valence-electron chi connectivity index (χ2n) is 4.86. The Balaban J connectivity index is 1.97. The number of para-hydroxylation sites is 1. The Hall–Kier alpha value is -2.42. The van der Waals surface area contributed by atoms with Gasteiger partial charge in [0.1, 0.15) is 0 Å². The fourth-order valence-corrected chi connectivity index (χ4v) is 2.81. The van der Waals surface area contributed by atoms with Crippen LogP contribution in [0.1, 0.15) is 13.8 Å². The zero-order valence-electron chi connectivity index (χ0n) is 13.7. The Morgan fingerprint density at radius 1 is 1.25 bits per heavy atom. The molecule has 0 bridgehead atoms. The molecule has 0 aliphatic carbocycles. The molecule has 128 valence electrons. The molecule has 0 spiro atoms. The predicted octanol–water partition coefficient (Wildman–Crippen LogP) is 0.739. The minimum Gasteiger partial charge on any atom is -0.355 e. The molecule has 2 rings (SSSR count). The van der Waals surface area contributed by atoms with Gasteiger partial charge in [-0.2, -0.15) is 4.68 Å². The van der Waals surface area contributed by atoms with E-state index < -0.39 is 0 Å². The number of aromatic nitrogens is 4. The molecule has 1 aromatic heterocycles. The van der Waals surface area contributed by atoms with Crippen LogP contribution < -0.4 is 5.32 Å². The van der Waals surface area contributed by atoms with Gasteiger partial charge in [0, 0.05) is 13.1 Å². The van der Waals surface area contributed by atoms with Gasteiger partial charge in [0.25, 0.3) is 0 Å². The van der Waals surface area contributed by atoms with E-state index in [4.69, 9.17) is 0 Å². The van der Waals surface area contributed by atoms with Crippen LogP contribution in [0.3, 0.4) is 0 Å². The highest BCUT2D eigenvalue weighted by molar-refractivity contribution is 7.99. The van der Waals surface area contributed by atoms with E-state index >= 15 is 0 Å². The number of amides is 2. The number of carbonyl (C=O) groups is 2. The maximum Gasteiger partial charge on any atom is 0.239 e. The van der Waals surface area contributed by atoms with Crippen LogP contribution in [0.2, 0.25) is 0 Å². The molecule has 1 aromatic carbocycles. The first-order valence-electron chi connectivity index (χ1n) is 7.66. The molecule has 8 nitrogen and oxygen atoms in total. The molecule has 1 N–H and O–H groups in total. The number of hydrogen-bond donors (Lipinski definition) is 1. The normalized spacial score (nSPS) is 10.4. The monoisotopic (exact) mass is 348 g/mol. The van der Waals surface area contributed by atoms with E-state index in [-0.39, 0.29) is 24.1 Å². The van der Waals surface area contributed by atoms with Gasteiger partial charge < -0.3 is 10.2 Å². The lowest BCUT2D eigenvalue weighted by molar-refractivity contribution is -0.133. The lowest BCUT2D eigenvalue weighted by Gasteiger charge is -2.19. The summed E-state index contributed by atoms with van der Waals surface area (Å²) in [6.07, 6.45) is 0. The van der Waals surface area contributed by atoms with Gasteiger partial charge in [0.05, 0.1) is 18.0 Å². The van der Waals surface area contributed by atoms with E-state index in [1.165, 1.54) is 16.7 Å². The lowest BCUT2D eigenvalue weighted by atomic mass is 10.3. The van der Waals surface area contributed by atoms with E-state index in [2.05, 4.69) is 20.8 Å². The number of tetrazole rings is 1. The largest absolute Gasteiger partial charge is 0.355 e. The Labute approximate surface area is 144 Å². The average Bonchev–Trinajstić information content (AvgIpc) is 3.07. The molecule has 0 fully saturated rings. The highest BCUT2D eigenvalue weighted by Crippen LogP contribution is 2.18. The summed E-state index contributed by atoms with van der Waals surface area (Å²) in [5.41, 5.74) is 0.826. The van der Waals surface area contributed by atoms with Crippen LogP contribution in [0.5, 0.6) is 0 Å². The molecule has 2 amide bonds. The standard InChI is InChI=1S/C15H20N6O2S/c1-3-16-13(22)10-20(4-2)14(23)11-24-15-17-18-19-21(15)12-8-6-5-7-9-12/h5-9H,3-4,10-11H2,1-2H3,(H,16,22). The van der Waals surface area contributed by atoms with E-state index in [0.717, 1.165) is 5.69 Å². The van der Waals surface area contributed by atoms with Crippen LogP contribution in [0.4, 0.5) is 0 Å². The van der Waals surface area contributed by atoms with Crippen molar-refractivity contribution in [3.63, 3.8) is 0 Å². The minimum atomic E-state index is -0.160. The van der Waals surface area contributed by atoms with Crippen molar-refractivity contribution in [3.05, 3.63) is 30.3 Å². The van der Waals surface area contributed by atoms with Crippen molar-refractivity contribution in [3.8, 4) is 5.69 Å². The van der Waals surface area contributed by atoms with Crippen LogP contribution >= 0.6 is 11.8 Å². The fourth-order valence-electron chi connectivity index (χ4n) is 2.02. The molecule has 9 heteroatoms. The highest BCUT2D eigenvalue weighted by atomic mass is 32.2. The maximum atomic E-state index is 12.3. The number of nitrogens with one attached hydrogen (secondary N) is 1. The molecule has 24 heavy (non-hydrogen) atoms. The Morgan fingerprint density at radius 3 is 2.67 bits per heavy atom. The molecule has 0 atom stereocenters. The van der Waals surface area contributed by atoms with Crippen molar-refractivity contribution in [1.82, 2.24) is 30.4 Å². The summed E-state index contributed by atoms with van der Waals surface area (Å²) in [5, 5.41) is 14.8. The summed E-state index contributed by atoms with van der Waals surface area (Å²) in [7, 11) is 0. The molecule has 2 aromatic rings. The van der Waals surface area contributed by atoms with Gasteiger partial charge in [0.2, 0.25) is 17.0 Å². The second-order valence-corrected chi connectivity index (χ2v) is 5.80. The van der Waals surface area contributed by atoms with Crippen LogP contribution in [0, 0.1) is 0 Å². The maximum absolute atomic E-state index is 12.3. The van der Waals surface area contributed by atoms with Gasteiger partial charge >= 0.3 is 0 Å². The van der Waals surface area contributed by atoms with Crippen molar-refractivity contribution in [2.45, 2.75) is 19.0 Å². The second kappa shape index (κ2) is 9.02. The van der Waals surface area contributed by atoms with Crippen LogP contribution in [0.25, 0.3) is 5.69 Å². The van der Waals surface area contributed by atoms with Crippen LogP contribution in [-0.2, 0) is 9.59 Å². The number of rotatable bonds is 8. The molecule has 0 unspecified atom stereocenters. The number of likely N-dealkylation sites (N-methyl/N-ethyl adjacent to an activating group) is 2. The Morgan fingerprint density at radius 2 is 2.00 bits per heavy atom. The summed E-state index contributed by atoms with van der Waals surface area (Å²) in [6, 6.07) is 9.46. The van der Waals surface area contributed by atoms with Gasteiger partial charge in [0.15, 0.2) is 0 Å². The van der Waals surface area contributed by atoms with Crippen molar-refractivity contribution in [2.75, 3.05) is 25.4 Å². The summed E-state index contributed by atoms with van der Waals surface area (Å²) < 4.78 is 1.58. The van der Waals surface area contributed by atoms with Crippen LogP contribution in [0.15, 0.2) is 35.5 Å². The SMILES string of the molecule is CCNC(=O)CN(CC)C(=O)CSc1nnnn1-c1ccccc1. The molecule has 0 radical (unpaired) electrons. The highest BCUT2D eigenvalue weighted by Gasteiger charge is 2.17. The van der Waals surface area contributed by atoms with E-state index in [1.807, 2.05) is 44.2 Å². The fraction of sp³-hybridized carbons (Fsp3) is 0.400. The topological polar surface area (TPSA) is 93.0 Å². The summed E-state index contributed by atoms with van der Waals surface area (Å²) in [6.45, 7) is 4.77. The predicted molar refractivity (Wildman–Crippen MR) is 90.8 cm³/mol. The summed E-state index contributed by atoms with van der Waals surface area (Å²) >= 11 is 1.24. The van der Waals surface area contributed by atoms with Crippen molar-refractivity contribution >= 4 is 23.6 Å². The smallest absolute Gasteiger partial charge is 0.239 e. The molecule has 0 saturated carbocycles. The molecule has 1 heterocycles.